The molecule has 0 amide bonds. The average Bonchev–Trinajstić information content (AvgIpc) is 2.63. The minimum atomic E-state index is 0.208. The number of anilines is 1. The third kappa shape index (κ3) is 3.05. The summed E-state index contributed by atoms with van der Waals surface area (Å²) >= 11 is 0. The Morgan fingerprint density at radius 2 is 1.88 bits per heavy atom. The van der Waals surface area contributed by atoms with Crippen molar-refractivity contribution in [1.29, 1.82) is 0 Å². The normalized spacial score (nSPS) is 23.1. The van der Waals surface area contributed by atoms with Crippen LogP contribution in [0.1, 0.15) is 32.8 Å². The van der Waals surface area contributed by atoms with Crippen LogP contribution in [0.5, 0.6) is 0 Å². The Balaban J connectivity index is 1.78. The molecule has 0 bridgehead atoms. The summed E-state index contributed by atoms with van der Waals surface area (Å²) in [5.41, 5.74) is 4.88. The number of hydrogen-bond acceptors (Lipinski definition) is 5. The van der Waals surface area contributed by atoms with Crippen molar-refractivity contribution >= 4 is 23.0 Å². The molecule has 1 saturated heterocycles. The van der Waals surface area contributed by atoms with E-state index < -0.39 is 0 Å². The van der Waals surface area contributed by atoms with Crippen LogP contribution < -0.4 is 4.90 Å². The fourth-order valence-corrected chi connectivity index (χ4v) is 3.76. The van der Waals surface area contributed by atoms with Gasteiger partial charge in [-0.2, -0.15) is 0 Å². The van der Waals surface area contributed by atoms with E-state index >= 15 is 0 Å². The standard InChI is InChI=1S/C21H29N5/c1-5-6-17-7-8-18-19(13-17)26-14-15(2)16(3)22-21(26)20(23-18)25-11-9-24(4)10-12-25/h7-8,13-14,16H,5-6,9-12H2,1-4H3. The molecule has 3 aliphatic rings. The molecular weight excluding hydrogens is 322 g/mol. The van der Waals surface area contributed by atoms with Gasteiger partial charge in [0.1, 0.15) is 0 Å². The van der Waals surface area contributed by atoms with Gasteiger partial charge in [-0.25, -0.2) is 4.99 Å². The van der Waals surface area contributed by atoms with Gasteiger partial charge in [0.15, 0.2) is 11.7 Å². The highest BCUT2D eigenvalue weighted by atomic mass is 15.3. The molecule has 5 nitrogen and oxygen atoms in total. The van der Waals surface area contributed by atoms with E-state index in [1.165, 1.54) is 16.8 Å². The molecule has 5 heteroatoms. The lowest BCUT2D eigenvalue weighted by Crippen LogP contribution is -2.53. The summed E-state index contributed by atoms with van der Waals surface area (Å²) in [6.07, 6.45) is 4.51. The molecular formula is C21H29N5. The van der Waals surface area contributed by atoms with Crippen LogP contribution in [0.3, 0.4) is 0 Å². The molecule has 1 fully saturated rings. The Bertz CT molecular complexity index is 784. The summed E-state index contributed by atoms with van der Waals surface area (Å²) in [4.78, 5) is 17.1. The van der Waals surface area contributed by atoms with E-state index in [4.69, 9.17) is 9.98 Å². The van der Waals surface area contributed by atoms with E-state index in [0.717, 1.165) is 56.4 Å². The maximum Gasteiger partial charge on any atom is 0.176 e. The molecule has 4 rings (SSSR count). The number of benzene rings is 1. The lowest BCUT2D eigenvalue weighted by atomic mass is 10.0. The number of piperazine rings is 1. The predicted molar refractivity (Wildman–Crippen MR) is 110 cm³/mol. The third-order valence-electron chi connectivity index (χ3n) is 5.60. The van der Waals surface area contributed by atoms with E-state index in [9.17, 15) is 0 Å². The highest BCUT2D eigenvalue weighted by molar-refractivity contribution is 6.48. The Morgan fingerprint density at radius 3 is 2.62 bits per heavy atom. The van der Waals surface area contributed by atoms with Crippen LogP contribution >= 0.6 is 0 Å². The molecule has 1 aromatic rings. The zero-order valence-corrected chi connectivity index (χ0v) is 16.4. The summed E-state index contributed by atoms with van der Waals surface area (Å²) in [5, 5.41) is 0. The second kappa shape index (κ2) is 6.88. The lowest BCUT2D eigenvalue weighted by Gasteiger charge is -2.40. The molecule has 1 unspecified atom stereocenters. The summed E-state index contributed by atoms with van der Waals surface area (Å²) in [5.74, 6) is 2.04. The van der Waals surface area contributed by atoms with Gasteiger partial charge in [0.05, 0.1) is 17.4 Å². The van der Waals surface area contributed by atoms with Crippen LogP contribution in [0.15, 0.2) is 40.0 Å². The first-order valence-electron chi connectivity index (χ1n) is 9.77. The van der Waals surface area contributed by atoms with Crippen molar-refractivity contribution in [2.45, 2.75) is 39.7 Å². The highest BCUT2D eigenvalue weighted by Gasteiger charge is 2.33. The second-order valence-electron chi connectivity index (χ2n) is 7.67. The van der Waals surface area contributed by atoms with Gasteiger partial charge in [0.2, 0.25) is 0 Å². The molecule has 0 radical (unpaired) electrons. The van der Waals surface area contributed by atoms with Crippen molar-refractivity contribution in [1.82, 2.24) is 9.80 Å². The molecule has 0 N–H and O–H groups in total. The van der Waals surface area contributed by atoms with E-state index in [1.54, 1.807) is 0 Å². The number of fused-ring (bicyclic) bond motifs is 3. The van der Waals surface area contributed by atoms with Gasteiger partial charge in [0, 0.05) is 32.4 Å². The monoisotopic (exact) mass is 351 g/mol. The van der Waals surface area contributed by atoms with Crippen LogP contribution in [0, 0.1) is 0 Å². The minimum Gasteiger partial charge on any atom is -0.351 e. The number of hydrogen-bond donors (Lipinski definition) is 0. The number of aliphatic imine (C=N–C) groups is 2. The maximum absolute atomic E-state index is 5.06. The van der Waals surface area contributed by atoms with Gasteiger partial charge in [-0.3, -0.25) is 9.89 Å². The molecule has 1 aromatic carbocycles. The first-order chi connectivity index (χ1) is 12.6. The van der Waals surface area contributed by atoms with Gasteiger partial charge in [0.25, 0.3) is 0 Å². The maximum atomic E-state index is 5.06. The number of rotatable bonds is 2. The Morgan fingerprint density at radius 1 is 1.12 bits per heavy atom. The van der Waals surface area contributed by atoms with Gasteiger partial charge < -0.3 is 9.80 Å². The number of aryl methyl sites for hydroxylation is 1. The first kappa shape index (κ1) is 17.3. The summed E-state index contributed by atoms with van der Waals surface area (Å²) in [6.45, 7) is 10.7. The van der Waals surface area contributed by atoms with E-state index in [1.807, 2.05) is 0 Å². The van der Waals surface area contributed by atoms with Gasteiger partial charge in [-0.1, -0.05) is 19.4 Å². The molecule has 0 spiro atoms. The molecule has 138 valence electrons. The fourth-order valence-electron chi connectivity index (χ4n) is 3.76. The third-order valence-corrected chi connectivity index (χ3v) is 5.60. The summed E-state index contributed by atoms with van der Waals surface area (Å²) in [6, 6.07) is 6.89. The van der Waals surface area contributed by atoms with Gasteiger partial charge in [-0.15, -0.1) is 0 Å². The molecule has 3 aliphatic heterocycles. The number of amidine groups is 2. The summed E-state index contributed by atoms with van der Waals surface area (Å²) in [7, 11) is 2.18. The van der Waals surface area contributed by atoms with Crippen LogP contribution in [-0.4, -0.2) is 60.7 Å². The SMILES string of the molecule is CCCc1ccc2c(c1)N1C=C(C)C(C)N=C1C(N1CCN(C)CC1)=N2. The molecule has 26 heavy (non-hydrogen) atoms. The quantitative estimate of drug-likeness (QED) is 0.819. The second-order valence-corrected chi connectivity index (χ2v) is 7.67. The van der Waals surface area contributed by atoms with Crippen LogP contribution in [-0.2, 0) is 6.42 Å². The van der Waals surface area contributed by atoms with Crippen molar-refractivity contribution in [3.05, 3.63) is 35.5 Å². The largest absolute Gasteiger partial charge is 0.351 e. The Kier molecular flexibility index (Phi) is 4.57. The first-order valence-corrected chi connectivity index (χ1v) is 9.77. The molecule has 0 aliphatic carbocycles. The van der Waals surface area contributed by atoms with E-state index in [2.05, 4.69) is 66.9 Å². The molecule has 0 aromatic heterocycles. The van der Waals surface area contributed by atoms with Crippen LogP contribution in [0.25, 0.3) is 0 Å². The molecule has 3 heterocycles. The Hall–Kier alpha value is -2.14. The number of nitrogens with zero attached hydrogens (tertiary/aromatic N) is 5. The predicted octanol–water partition coefficient (Wildman–Crippen LogP) is 3.44. The average molecular weight is 351 g/mol. The van der Waals surface area contributed by atoms with Crippen molar-refractivity contribution in [3.8, 4) is 0 Å². The highest BCUT2D eigenvalue weighted by Crippen LogP contribution is 2.37. The van der Waals surface area contributed by atoms with Crippen molar-refractivity contribution in [2.75, 3.05) is 38.1 Å². The smallest absolute Gasteiger partial charge is 0.176 e. The zero-order valence-electron chi connectivity index (χ0n) is 16.4. The van der Waals surface area contributed by atoms with Crippen molar-refractivity contribution < 1.29 is 0 Å². The Labute approximate surface area is 156 Å². The van der Waals surface area contributed by atoms with Crippen molar-refractivity contribution in [2.24, 2.45) is 9.98 Å². The summed E-state index contributed by atoms with van der Waals surface area (Å²) < 4.78 is 0. The van der Waals surface area contributed by atoms with Gasteiger partial charge >= 0.3 is 0 Å². The lowest BCUT2D eigenvalue weighted by molar-refractivity contribution is 0.217. The van der Waals surface area contributed by atoms with Crippen LogP contribution in [0.4, 0.5) is 11.4 Å². The molecule has 0 saturated carbocycles. The van der Waals surface area contributed by atoms with E-state index in [0.29, 0.717) is 0 Å². The van der Waals surface area contributed by atoms with Gasteiger partial charge in [-0.05, 0) is 50.6 Å². The minimum absolute atomic E-state index is 0.208. The van der Waals surface area contributed by atoms with E-state index in [-0.39, 0.29) is 6.04 Å². The fraction of sp³-hybridized carbons (Fsp3) is 0.524. The molecule has 1 atom stereocenters. The zero-order chi connectivity index (χ0) is 18.3. The van der Waals surface area contributed by atoms with Crippen molar-refractivity contribution in [3.63, 3.8) is 0 Å². The van der Waals surface area contributed by atoms with Crippen LogP contribution in [0.2, 0.25) is 0 Å². The topological polar surface area (TPSA) is 34.4 Å². The number of likely N-dealkylation sites (N-methyl/N-ethyl adjacent to an activating group) is 1.